The molecule has 0 aromatic heterocycles. The summed E-state index contributed by atoms with van der Waals surface area (Å²) >= 11 is 0. The molecule has 0 bridgehead atoms. The summed E-state index contributed by atoms with van der Waals surface area (Å²) < 4.78 is 11.2. The zero-order chi connectivity index (χ0) is 5.86. The molecule has 0 heterocycles. The molecule has 0 spiro atoms. The van der Waals surface area contributed by atoms with Crippen molar-refractivity contribution in [1.29, 1.82) is 0 Å². The Morgan fingerprint density at radius 2 is 2.29 bits per heavy atom. The zero-order valence-electron chi connectivity index (χ0n) is 3.94. The Morgan fingerprint density at radius 1 is 1.86 bits per heavy atom. The van der Waals surface area contributed by atoms with Crippen LogP contribution in [0.15, 0.2) is 11.9 Å². The average Bonchev–Trinajstić information content (AvgIpc) is 1.65. The normalized spacial score (nSPS) is 11.6. The van der Waals surface area contributed by atoms with Crippen LogP contribution in [-0.2, 0) is 4.79 Å². The monoisotopic (exact) mass is 116 g/mol. The zero-order valence-corrected chi connectivity index (χ0v) is 5.10. The summed E-state index contributed by atoms with van der Waals surface area (Å²) in [6.07, 6.45) is 0.287. The van der Waals surface area contributed by atoms with Gasteiger partial charge >= 0.3 is 0 Å². The molecule has 0 N–H and O–H groups in total. The molecule has 0 rings (SSSR count). The Balaban J connectivity index is 3.82. The highest BCUT2D eigenvalue weighted by atomic mass is 28.1. The first-order valence-electron chi connectivity index (χ1n) is 1.75. The van der Waals surface area contributed by atoms with E-state index < -0.39 is 0 Å². The first-order valence-corrected chi connectivity index (χ1v) is 2.33. The second-order valence-electron chi connectivity index (χ2n) is 1.16. The topological polar surface area (TPSA) is 17.1 Å². The highest BCUT2D eigenvalue weighted by Crippen LogP contribution is 1.89. The Hall–Kier alpha value is -0.443. The fraction of sp³-hybridized carbons (Fsp3) is 0.250. The fourth-order valence-corrected chi connectivity index (χ4v) is 0.117. The van der Waals surface area contributed by atoms with Gasteiger partial charge in [-0.3, -0.25) is 0 Å². The lowest BCUT2D eigenvalue weighted by Crippen LogP contribution is -1.95. The minimum Gasteiger partial charge on any atom is -0.301 e. The second kappa shape index (κ2) is 2.68. The molecule has 0 saturated carbocycles. The van der Waals surface area contributed by atoms with E-state index in [-0.39, 0.29) is 17.3 Å². The van der Waals surface area contributed by atoms with Crippen molar-refractivity contribution in [2.75, 3.05) is 0 Å². The predicted molar refractivity (Wildman–Crippen MR) is 27.0 cm³/mol. The number of rotatable bonds is 1. The van der Waals surface area contributed by atoms with Gasteiger partial charge in [0.2, 0.25) is 0 Å². The van der Waals surface area contributed by atoms with E-state index in [0.29, 0.717) is 0 Å². The molecule has 7 heavy (non-hydrogen) atoms. The molecule has 0 atom stereocenters. The van der Waals surface area contributed by atoms with Crippen LogP contribution in [0.4, 0.5) is 4.39 Å². The Morgan fingerprint density at radius 3 is 2.29 bits per heavy atom. The van der Waals surface area contributed by atoms with Crippen molar-refractivity contribution in [1.82, 2.24) is 0 Å². The van der Waals surface area contributed by atoms with Gasteiger partial charge in [-0.1, -0.05) is 0 Å². The molecule has 0 aromatic carbocycles. The quantitative estimate of drug-likeness (QED) is 0.355. The van der Waals surface area contributed by atoms with Gasteiger partial charge in [0.15, 0.2) is 0 Å². The van der Waals surface area contributed by atoms with Gasteiger partial charge in [-0.25, -0.2) is 4.39 Å². The van der Waals surface area contributed by atoms with Crippen molar-refractivity contribution in [3.63, 3.8) is 0 Å². The Bertz CT molecular complexity index is 108. The van der Waals surface area contributed by atoms with E-state index in [1.807, 2.05) is 10.2 Å². The van der Waals surface area contributed by atoms with Gasteiger partial charge in [-0.15, -0.1) is 0 Å². The standard InChI is InChI=1S/C4H5FOSi/c1-3(2-5)4(6)7/h2,7H,1H3. The van der Waals surface area contributed by atoms with E-state index in [4.69, 9.17) is 0 Å². The number of halogens is 1. The number of allylic oxidation sites excluding steroid dienone is 1. The molecule has 0 aliphatic carbocycles. The van der Waals surface area contributed by atoms with Crippen LogP contribution in [0.3, 0.4) is 0 Å². The van der Waals surface area contributed by atoms with Crippen LogP contribution >= 0.6 is 0 Å². The molecule has 38 valence electrons. The van der Waals surface area contributed by atoms with Gasteiger partial charge in [-0.05, 0) is 6.92 Å². The third kappa shape index (κ3) is 2.28. The maximum atomic E-state index is 11.2. The van der Waals surface area contributed by atoms with Gasteiger partial charge in [0.25, 0.3) is 0 Å². The van der Waals surface area contributed by atoms with E-state index in [0.717, 1.165) is 0 Å². The molecule has 0 unspecified atom stereocenters. The summed E-state index contributed by atoms with van der Waals surface area (Å²) in [7, 11) is 1.87. The van der Waals surface area contributed by atoms with Crippen molar-refractivity contribution < 1.29 is 9.18 Å². The molecular weight excluding hydrogens is 111 g/mol. The maximum Gasteiger partial charge on any atom is 0.129 e. The van der Waals surface area contributed by atoms with E-state index in [9.17, 15) is 9.18 Å². The van der Waals surface area contributed by atoms with Crippen LogP contribution in [0.2, 0.25) is 0 Å². The van der Waals surface area contributed by atoms with Gasteiger partial charge in [0.05, 0.1) is 6.33 Å². The van der Waals surface area contributed by atoms with Gasteiger partial charge in [-0.2, -0.15) is 0 Å². The van der Waals surface area contributed by atoms with Crippen LogP contribution < -0.4 is 0 Å². The Kier molecular flexibility index (Phi) is 2.51. The Labute approximate surface area is 44.6 Å². The van der Waals surface area contributed by atoms with Crippen LogP contribution in [0.25, 0.3) is 0 Å². The first-order chi connectivity index (χ1) is 3.18. The average molecular weight is 116 g/mol. The number of carbonyl (C=O) groups excluding carboxylic acids is 1. The maximum absolute atomic E-state index is 11.2. The van der Waals surface area contributed by atoms with Crippen molar-refractivity contribution >= 4 is 15.6 Å². The molecule has 0 fully saturated rings. The summed E-state index contributed by atoms with van der Waals surface area (Å²) in [6, 6.07) is 0. The molecular formula is C4H5FOSi. The van der Waals surface area contributed by atoms with Crippen molar-refractivity contribution in [2.24, 2.45) is 0 Å². The number of carbonyl (C=O) groups is 1. The second-order valence-corrected chi connectivity index (χ2v) is 1.68. The van der Waals surface area contributed by atoms with Gasteiger partial charge in [0, 0.05) is 5.57 Å². The first kappa shape index (κ1) is 6.56. The van der Waals surface area contributed by atoms with Crippen LogP contribution in [0, 0.1) is 0 Å². The lowest BCUT2D eigenvalue weighted by molar-refractivity contribution is -0.108. The van der Waals surface area contributed by atoms with Crippen LogP contribution in [-0.4, -0.2) is 15.6 Å². The van der Waals surface area contributed by atoms with Crippen LogP contribution in [0.5, 0.6) is 0 Å². The lowest BCUT2D eigenvalue weighted by atomic mass is 10.4. The van der Waals surface area contributed by atoms with Gasteiger partial charge in [0.1, 0.15) is 15.6 Å². The van der Waals surface area contributed by atoms with Gasteiger partial charge < -0.3 is 4.79 Å². The lowest BCUT2D eigenvalue weighted by Gasteiger charge is -1.83. The third-order valence-electron chi connectivity index (χ3n) is 0.552. The summed E-state index contributed by atoms with van der Waals surface area (Å²) in [5.41, 5.74) is 0.130. The molecule has 0 aromatic rings. The van der Waals surface area contributed by atoms with Crippen molar-refractivity contribution in [3.8, 4) is 0 Å². The summed E-state index contributed by atoms with van der Waals surface area (Å²) in [5, 5.41) is -0.303. The third-order valence-corrected chi connectivity index (χ3v) is 1.01. The van der Waals surface area contributed by atoms with Crippen LogP contribution in [0.1, 0.15) is 6.92 Å². The summed E-state index contributed by atoms with van der Waals surface area (Å²) in [6.45, 7) is 1.41. The minimum atomic E-state index is -0.303. The minimum absolute atomic E-state index is 0.130. The number of hydrogen-bond acceptors (Lipinski definition) is 1. The van der Waals surface area contributed by atoms with E-state index in [1.165, 1.54) is 6.92 Å². The molecule has 0 saturated heterocycles. The molecule has 3 heteroatoms. The van der Waals surface area contributed by atoms with E-state index in [2.05, 4.69) is 0 Å². The highest BCUT2D eigenvalue weighted by Gasteiger charge is 1.91. The number of hydrogen-bond donors (Lipinski definition) is 0. The fourth-order valence-electron chi connectivity index (χ4n) is 0.0538. The van der Waals surface area contributed by atoms with E-state index in [1.54, 1.807) is 0 Å². The summed E-state index contributed by atoms with van der Waals surface area (Å²) in [4.78, 5) is 10.0. The molecule has 0 amide bonds. The molecule has 1 nitrogen and oxygen atoms in total. The predicted octanol–water partition coefficient (Wildman–Crippen LogP) is 0.287. The highest BCUT2D eigenvalue weighted by molar-refractivity contribution is 6.62. The molecule has 0 aliphatic rings. The SMILES string of the molecule is CC(=CF)C(=O)[SiH]. The molecule has 2 radical (unpaired) electrons. The largest absolute Gasteiger partial charge is 0.301 e. The van der Waals surface area contributed by atoms with E-state index >= 15 is 0 Å². The van der Waals surface area contributed by atoms with Crippen molar-refractivity contribution in [3.05, 3.63) is 11.9 Å². The molecule has 0 aliphatic heterocycles. The summed E-state index contributed by atoms with van der Waals surface area (Å²) in [5.74, 6) is 0. The van der Waals surface area contributed by atoms with Crippen molar-refractivity contribution in [2.45, 2.75) is 6.92 Å². The smallest absolute Gasteiger partial charge is 0.129 e.